The first-order valence-electron chi connectivity index (χ1n) is 15.3. The number of carbonyl (C=O) groups is 2. The van der Waals surface area contributed by atoms with Gasteiger partial charge in [-0.1, -0.05) is 79.6 Å². The highest BCUT2D eigenvalue weighted by molar-refractivity contribution is 7.92. The van der Waals surface area contributed by atoms with Gasteiger partial charge < -0.3 is 10.2 Å². The Bertz CT molecular complexity index is 1800. The molecule has 1 saturated carbocycles. The quantitative estimate of drug-likeness (QED) is 0.147. The van der Waals surface area contributed by atoms with Crippen LogP contribution in [-0.4, -0.2) is 48.7 Å². The fraction of sp³-hybridized carbons (Fsp3) is 0.257. The van der Waals surface area contributed by atoms with Crippen molar-refractivity contribution in [3.63, 3.8) is 0 Å². The van der Waals surface area contributed by atoms with Crippen LogP contribution in [0.2, 0.25) is 0 Å². The minimum absolute atomic E-state index is 0.0524. The van der Waals surface area contributed by atoms with Gasteiger partial charge in [0.05, 0.1) is 15.5 Å². The van der Waals surface area contributed by atoms with Crippen molar-refractivity contribution in [3.05, 3.63) is 136 Å². The number of hydrogen-bond donors (Lipinski definition) is 1. The number of halogens is 1. The Morgan fingerprint density at radius 2 is 1.51 bits per heavy atom. The fourth-order valence-electron chi connectivity index (χ4n) is 5.72. The number of amides is 2. The van der Waals surface area contributed by atoms with E-state index in [1.165, 1.54) is 71.6 Å². The average molecular weight is 659 g/mol. The minimum Gasteiger partial charge on any atom is -0.352 e. The van der Waals surface area contributed by atoms with Crippen LogP contribution in [0.3, 0.4) is 0 Å². The third-order valence-corrected chi connectivity index (χ3v) is 9.97. The van der Waals surface area contributed by atoms with Crippen LogP contribution in [0, 0.1) is 15.9 Å². The lowest BCUT2D eigenvalue weighted by atomic mass is 10.0. The zero-order valence-electron chi connectivity index (χ0n) is 25.6. The normalized spacial score (nSPS) is 13.9. The lowest BCUT2D eigenvalue weighted by molar-refractivity contribution is -0.384. The predicted octanol–water partition coefficient (Wildman–Crippen LogP) is 5.63. The number of nitro groups is 1. The molecule has 4 aromatic rings. The predicted molar refractivity (Wildman–Crippen MR) is 175 cm³/mol. The van der Waals surface area contributed by atoms with Crippen molar-refractivity contribution in [2.45, 2.75) is 55.6 Å². The van der Waals surface area contributed by atoms with E-state index in [0.717, 1.165) is 41.6 Å². The number of carbonyl (C=O) groups excluding carboxylic acids is 2. The van der Waals surface area contributed by atoms with Crippen LogP contribution >= 0.6 is 0 Å². The molecule has 0 bridgehead atoms. The summed E-state index contributed by atoms with van der Waals surface area (Å²) in [7, 11) is -4.41. The largest absolute Gasteiger partial charge is 0.352 e. The maximum absolute atomic E-state index is 14.5. The zero-order valence-corrected chi connectivity index (χ0v) is 26.4. The van der Waals surface area contributed by atoms with E-state index in [-0.39, 0.29) is 41.2 Å². The third kappa shape index (κ3) is 8.39. The third-order valence-electron chi connectivity index (χ3n) is 8.18. The van der Waals surface area contributed by atoms with E-state index in [4.69, 9.17) is 0 Å². The van der Waals surface area contributed by atoms with Crippen molar-refractivity contribution in [1.82, 2.24) is 10.2 Å². The molecule has 1 aliphatic rings. The van der Waals surface area contributed by atoms with E-state index < -0.39 is 39.3 Å². The van der Waals surface area contributed by atoms with Gasteiger partial charge in [0.25, 0.3) is 15.7 Å². The van der Waals surface area contributed by atoms with Gasteiger partial charge in [-0.2, -0.15) is 0 Å². The summed E-state index contributed by atoms with van der Waals surface area (Å²) in [5.41, 5.74) is 0.861. The number of nitro benzene ring substituents is 1. The van der Waals surface area contributed by atoms with Gasteiger partial charge in [-0.05, 0) is 54.3 Å². The molecule has 0 unspecified atom stereocenters. The number of sulfonamides is 1. The first kappa shape index (κ1) is 33.3. The summed E-state index contributed by atoms with van der Waals surface area (Å²) >= 11 is 0. The van der Waals surface area contributed by atoms with Gasteiger partial charge in [0.2, 0.25) is 11.8 Å². The Balaban J connectivity index is 1.58. The molecule has 0 spiro atoms. The van der Waals surface area contributed by atoms with Crippen LogP contribution < -0.4 is 9.62 Å². The van der Waals surface area contributed by atoms with Crippen molar-refractivity contribution >= 4 is 33.2 Å². The first-order chi connectivity index (χ1) is 22.6. The van der Waals surface area contributed by atoms with E-state index >= 15 is 0 Å². The molecule has 244 valence electrons. The zero-order chi connectivity index (χ0) is 33.4. The number of rotatable bonds is 13. The molecule has 2 amide bonds. The van der Waals surface area contributed by atoms with E-state index in [1.54, 1.807) is 6.07 Å². The smallest absolute Gasteiger partial charge is 0.271 e. The molecule has 47 heavy (non-hydrogen) atoms. The van der Waals surface area contributed by atoms with Crippen molar-refractivity contribution < 1.29 is 27.3 Å². The molecule has 0 radical (unpaired) electrons. The Hall–Kier alpha value is -5.10. The van der Waals surface area contributed by atoms with Gasteiger partial charge in [0, 0.05) is 31.1 Å². The summed E-state index contributed by atoms with van der Waals surface area (Å²) in [6.45, 7) is -0.884. The molecular weight excluding hydrogens is 623 g/mol. The van der Waals surface area contributed by atoms with E-state index in [2.05, 4.69) is 5.32 Å². The van der Waals surface area contributed by atoms with Crippen LogP contribution in [0.5, 0.6) is 0 Å². The molecule has 1 N–H and O–H groups in total. The lowest BCUT2D eigenvalue weighted by Gasteiger charge is -2.34. The van der Waals surface area contributed by atoms with Crippen molar-refractivity contribution in [2.75, 3.05) is 10.8 Å². The highest BCUT2D eigenvalue weighted by Crippen LogP contribution is 2.28. The highest BCUT2D eigenvalue weighted by atomic mass is 32.2. The Morgan fingerprint density at radius 3 is 2.15 bits per heavy atom. The van der Waals surface area contributed by atoms with Gasteiger partial charge >= 0.3 is 0 Å². The standard InChI is InChI=1S/C35H35FN4O6S/c36-28-20-18-27(19-21-28)24-38(33(22-26-10-3-1-4-11-26)35(42)37-29-12-7-8-13-29)34(41)25-39(30-14-9-15-31(23-30)40(43)44)47(45,46)32-16-5-2-6-17-32/h1-6,9-11,14-21,23,29,33H,7-8,12-13,22,24-25H2,(H,37,42)/t33-/m1/s1. The summed E-state index contributed by atoms with van der Waals surface area (Å²) in [6.07, 6.45) is 3.70. The molecule has 5 rings (SSSR count). The lowest BCUT2D eigenvalue weighted by Crippen LogP contribution is -2.54. The number of nitrogens with one attached hydrogen (secondary N) is 1. The monoisotopic (exact) mass is 658 g/mol. The molecule has 0 heterocycles. The van der Waals surface area contributed by atoms with Crippen molar-refractivity contribution in [3.8, 4) is 0 Å². The average Bonchev–Trinajstić information content (AvgIpc) is 3.60. The fourth-order valence-corrected chi connectivity index (χ4v) is 7.15. The molecule has 1 fully saturated rings. The molecule has 10 nitrogen and oxygen atoms in total. The molecule has 0 aliphatic heterocycles. The summed E-state index contributed by atoms with van der Waals surface area (Å²) in [5.74, 6) is -1.58. The van der Waals surface area contributed by atoms with Crippen LogP contribution in [0.15, 0.2) is 114 Å². The van der Waals surface area contributed by atoms with Crippen molar-refractivity contribution in [1.29, 1.82) is 0 Å². The van der Waals surface area contributed by atoms with Crippen LogP contribution in [0.4, 0.5) is 15.8 Å². The Labute approximate surface area is 273 Å². The summed E-state index contributed by atoms with van der Waals surface area (Å²) in [6, 6.07) is 26.0. The molecular formula is C35H35FN4O6S. The minimum atomic E-state index is -4.41. The molecule has 1 atom stereocenters. The number of anilines is 1. The maximum Gasteiger partial charge on any atom is 0.271 e. The van der Waals surface area contributed by atoms with Crippen LogP contribution in [-0.2, 0) is 32.6 Å². The van der Waals surface area contributed by atoms with E-state index in [0.29, 0.717) is 5.56 Å². The summed E-state index contributed by atoms with van der Waals surface area (Å²) < 4.78 is 42.8. The van der Waals surface area contributed by atoms with Gasteiger partial charge in [0.1, 0.15) is 18.4 Å². The van der Waals surface area contributed by atoms with E-state index in [9.17, 15) is 32.5 Å². The van der Waals surface area contributed by atoms with Crippen LogP contribution in [0.25, 0.3) is 0 Å². The van der Waals surface area contributed by atoms with Gasteiger partial charge in [-0.25, -0.2) is 12.8 Å². The molecule has 12 heteroatoms. The molecule has 0 aromatic heterocycles. The Morgan fingerprint density at radius 1 is 0.872 bits per heavy atom. The number of benzene rings is 4. The second kappa shape index (κ2) is 15.0. The number of non-ortho nitro benzene ring substituents is 1. The maximum atomic E-state index is 14.5. The topological polar surface area (TPSA) is 130 Å². The van der Waals surface area contributed by atoms with Gasteiger partial charge in [-0.3, -0.25) is 24.0 Å². The summed E-state index contributed by atoms with van der Waals surface area (Å²) in [4.78, 5) is 40.7. The number of hydrogen-bond acceptors (Lipinski definition) is 6. The SMILES string of the molecule is O=C(NC1CCCC1)[C@@H](Cc1ccccc1)N(Cc1ccc(F)cc1)C(=O)CN(c1cccc([N+](=O)[O-])c1)S(=O)(=O)c1ccccc1. The van der Waals surface area contributed by atoms with Crippen LogP contribution in [0.1, 0.15) is 36.8 Å². The van der Waals surface area contributed by atoms with E-state index in [1.807, 2.05) is 30.3 Å². The van der Waals surface area contributed by atoms with Gasteiger partial charge in [0.15, 0.2) is 0 Å². The highest BCUT2D eigenvalue weighted by Gasteiger charge is 2.36. The Kier molecular flexibility index (Phi) is 10.6. The molecule has 0 saturated heterocycles. The van der Waals surface area contributed by atoms with Gasteiger partial charge in [-0.15, -0.1) is 0 Å². The molecule has 4 aromatic carbocycles. The second-order valence-electron chi connectivity index (χ2n) is 11.4. The first-order valence-corrected chi connectivity index (χ1v) is 16.8. The van der Waals surface area contributed by atoms with Crippen molar-refractivity contribution in [2.24, 2.45) is 0 Å². The number of nitrogens with zero attached hydrogens (tertiary/aromatic N) is 3. The second-order valence-corrected chi connectivity index (χ2v) is 13.3. The molecule has 1 aliphatic carbocycles. The summed E-state index contributed by atoms with van der Waals surface area (Å²) in [5, 5.41) is 14.7.